The van der Waals surface area contributed by atoms with Gasteiger partial charge in [0.1, 0.15) is 42.8 Å². The number of benzene rings is 1. The molecule has 0 radical (unpaired) electrons. The van der Waals surface area contributed by atoms with Gasteiger partial charge in [0.15, 0.2) is 5.78 Å². The van der Waals surface area contributed by atoms with Gasteiger partial charge in [0, 0.05) is 58.5 Å². The second kappa shape index (κ2) is 31.0. The molecule has 3 N–H and O–H groups in total. The van der Waals surface area contributed by atoms with Gasteiger partial charge in [-0.05, 0) is 119 Å². The maximum atomic E-state index is 14.6. The van der Waals surface area contributed by atoms with Crippen LogP contribution in [0.15, 0.2) is 77.9 Å². The quantitative estimate of drug-likeness (QED) is 0.0630. The number of ketones is 3. The number of ether oxygens (including phenoxy) is 7. The summed E-state index contributed by atoms with van der Waals surface area (Å²) in [7, 11) is 4.46. The Balaban J connectivity index is 1.38. The minimum Gasteiger partial charge on any atom is -0.460 e. The molecular formula is C61H88N2O16. The maximum absolute atomic E-state index is 14.6. The highest BCUT2D eigenvalue weighted by Crippen LogP contribution is 2.38. The second-order valence-corrected chi connectivity index (χ2v) is 22.4. The van der Waals surface area contributed by atoms with Crippen molar-refractivity contribution in [3.8, 4) is 0 Å². The van der Waals surface area contributed by atoms with Gasteiger partial charge < -0.3 is 53.6 Å². The van der Waals surface area contributed by atoms with E-state index in [4.69, 9.17) is 33.2 Å². The summed E-state index contributed by atoms with van der Waals surface area (Å²) in [6.45, 7) is 12.6. The van der Waals surface area contributed by atoms with Crippen LogP contribution in [0.2, 0.25) is 0 Å². The Morgan fingerprint density at radius 1 is 0.848 bits per heavy atom. The van der Waals surface area contributed by atoms with Gasteiger partial charge in [0.05, 0.1) is 30.4 Å². The molecule has 0 spiro atoms. The van der Waals surface area contributed by atoms with Crippen molar-refractivity contribution in [1.29, 1.82) is 0 Å². The van der Waals surface area contributed by atoms with Crippen LogP contribution >= 0.6 is 0 Å². The molecule has 79 heavy (non-hydrogen) atoms. The van der Waals surface area contributed by atoms with E-state index in [-0.39, 0.29) is 55.9 Å². The van der Waals surface area contributed by atoms with Gasteiger partial charge in [-0.15, -0.1) is 0 Å². The van der Waals surface area contributed by atoms with E-state index in [1.54, 1.807) is 71.2 Å². The summed E-state index contributed by atoms with van der Waals surface area (Å²) in [5.74, 6) is -9.09. The fourth-order valence-corrected chi connectivity index (χ4v) is 11.4. The number of methoxy groups -OCH3 is 3. The van der Waals surface area contributed by atoms with Crippen molar-refractivity contribution in [3.05, 3.63) is 83.5 Å². The first-order chi connectivity index (χ1) is 37.6. The zero-order valence-electron chi connectivity index (χ0n) is 48.1. The first kappa shape index (κ1) is 64.5. The number of carbonyl (C=O) groups is 7. The highest BCUT2D eigenvalue weighted by atomic mass is 16.6. The molecule has 1 aromatic rings. The molecule has 3 heterocycles. The summed E-state index contributed by atoms with van der Waals surface area (Å²) in [5, 5.41) is 26.2. The predicted octanol–water partition coefficient (Wildman–Crippen LogP) is 7.77. The highest BCUT2D eigenvalue weighted by Gasteiger charge is 2.53. The minimum absolute atomic E-state index is 0.00825. The number of Topliss-reactive ketones (excluding diaryl/α,β-unsaturated/α-hetero) is 3. The molecule has 0 aromatic heterocycles. The normalized spacial score (nSPS) is 35.1. The number of carbonyl (C=O) groups excluding carboxylic acids is 7. The van der Waals surface area contributed by atoms with Crippen molar-refractivity contribution in [2.45, 2.75) is 180 Å². The molecule has 4 aliphatic rings. The van der Waals surface area contributed by atoms with Crippen molar-refractivity contribution in [1.82, 2.24) is 10.2 Å². The number of rotatable bonds is 11. The smallest absolute Gasteiger partial charge is 0.407 e. The van der Waals surface area contributed by atoms with Gasteiger partial charge >= 0.3 is 18.0 Å². The van der Waals surface area contributed by atoms with Gasteiger partial charge in [-0.2, -0.15) is 0 Å². The number of cyclic esters (lactones) is 1. The molecule has 18 heteroatoms. The van der Waals surface area contributed by atoms with E-state index in [1.165, 1.54) is 19.1 Å². The van der Waals surface area contributed by atoms with E-state index < -0.39 is 108 Å². The van der Waals surface area contributed by atoms with E-state index in [0.717, 1.165) is 5.57 Å². The summed E-state index contributed by atoms with van der Waals surface area (Å²) in [6, 6.07) is 7.30. The van der Waals surface area contributed by atoms with Crippen molar-refractivity contribution in [2.75, 3.05) is 41.0 Å². The number of hydrogen-bond acceptors (Lipinski definition) is 16. The Bertz CT molecular complexity index is 2350. The van der Waals surface area contributed by atoms with Gasteiger partial charge in [0.2, 0.25) is 5.79 Å². The number of nitrogens with one attached hydrogen (secondary N) is 1. The van der Waals surface area contributed by atoms with Crippen LogP contribution in [0.4, 0.5) is 4.79 Å². The van der Waals surface area contributed by atoms with Gasteiger partial charge in [-0.1, -0.05) is 89.3 Å². The molecule has 2 amide bonds. The lowest BCUT2D eigenvalue weighted by Crippen LogP contribution is -2.61. The van der Waals surface area contributed by atoms with E-state index in [2.05, 4.69) is 5.32 Å². The Hall–Kier alpha value is -5.37. The number of piperidine rings is 1. The van der Waals surface area contributed by atoms with Gasteiger partial charge in [0.25, 0.3) is 11.7 Å². The Morgan fingerprint density at radius 3 is 2.28 bits per heavy atom. The van der Waals surface area contributed by atoms with Crippen molar-refractivity contribution >= 4 is 41.3 Å². The van der Waals surface area contributed by atoms with Crippen LogP contribution in [0.1, 0.15) is 136 Å². The average Bonchev–Trinajstić information content (AvgIpc) is 3.46. The van der Waals surface area contributed by atoms with Gasteiger partial charge in [-0.3, -0.25) is 19.2 Å². The third-order valence-corrected chi connectivity index (χ3v) is 16.3. The number of fused-ring (bicyclic) bond motifs is 3. The fraction of sp³-hybridized carbons (Fsp3) is 0.656. The third-order valence-electron chi connectivity index (χ3n) is 16.3. The summed E-state index contributed by atoms with van der Waals surface area (Å²) in [5.41, 5.74) is 1.61. The molecule has 9 unspecified atom stereocenters. The Kier molecular flexibility index (Phi) is 25.3. The molecule has 5 rings (SSSR count). The molecule has 3 aliphatic heterocycles. The van der Waals surface area contributed by atoms with Crippen molar-refractivity contribution < 1.29 is 76.9 Å². The lowest BCUT2D eigenvalue weighted by Gasteiger charge is -2.42. The summed E-state index contributed by atoms with van der Waals surface area (Å²) < 4.78 is 40.8. The summed E-state index contributed by atoms with van der Waals surface area (Å²) >= 11 is 0. The zero-order chi connectivity index (χ0) is 58.0. The van der Waals surface area contributed by atoms with Crippen LogP contribution in [0.25, 0.3) is 0 Å². The van der Waals surface area contributed by atoms with Crippen LogP contribution in [-0.2, 0) is 57.1 Å². The Labute approximate surface area is 467 Å². The van der Waals surface area contributed by atoms with Crippen LogP contribution in [0.3, 0.4) is 0 Å². The van der Waals surface area contributed by atoms with E-state index in [9.17, 15) is 43.8 Å². The van der Waals surface area contributed by atoms with E-state index in [0.29, 0.717) is 75.3 Å². The monoisotopic (exact) mass is 1100 g/mol. The first-order valence-corrected chi connectivity index (χ1v) is 28.3. The topological polar surface area (TPSA) is 240 Å². The van der Waals surface area contributed by atoms with Crippen LogP contribution in [-0.4, -0.2) is 152 Å². The molecule has 3 fully saturated rings. The largest absolute Gasteiger partial charge is 0.460 e. The molecule has 18 nitrogen and oxygen atoms in total. The first-order valence-electron chi connectivity index (χ1n) is 28.3. The molecule has 1 aromatic carbocycles. The van der Waals surface area contributed by atoms with Crippen molar-refractivity contribution in [2.24, 2.45) is 35.5 Å². The number of allylic oxidation sites excluding steroid dienone is 6. The molecule has 2 bridgehead atoms. The van der Waals surface area contributed by atoms with E-state index in [1.807, 2.05) is 51.2 Å². The number of nitrogens with zero attached hydrogens (tertiary/aromatic N) is 1. The van der Waals surface area contributed by atoms with Crippen LogP contribution in [0.5, 0.6) is 0 Å². The molecule has 15 atom stereocenters. The van der Waals surface area contributed by atoms with Crippen LogP contribution < -0.4 is 5.32 Å². The maximum Gasteiger partial charge on any atom is 0.407 e. The Morgan fingerprint density at radius 2 is 1.58 bits per heavy atom. The standard InChI is InChI=1S/C61H88N2O16/c1-37-19-13-11-14-20-38(2)50(73-8)35-46-26-24-43(7)61(72,79-46)56(67)57(68)63-29-18-17-23-47(63)59(70)77-51(36-48(64)39(3)32-42(6)54(66)55(75-10)53(65)41(5)31-37)40(4)33-44-25-27-49(52(34-44)74-9)78-60(71)62-28-30-76-58(69)45-21-15-12-16-22-45/h11-16,19-22,32,37,39-41,43-44,46-47,49-52,54-55,66,72H,17-18,23-31,33-36H2,1-10H3,(H,62,71)/b14-11+,19-13-,38-20+,42-32+/t37?,39?,40?,41-,43-,44?,46?,47+,49-,50?,51?,52?,54-,55?,61-/m1/s1. The highest BCUT2D eigenvalue weighted by molar-refractivity contribution is 6.39. The second-order valence-electron chi connectivity index (χ2n) is 22.4. The number of hydrogen-bond donors (Lipinski definition) is 3. The van der Waals surface area contributed by atoms with E-state index >= 15 is 0 Å². The fourth-order valence-electron chi connectivity index (χ4n) is 11.4. The summed E-state index contributed by atoms with van der Waals surface area (Å²) in [6.07, 6.45) is 9.31. The molecule has 438 valence electrons. The lowest BCUT2D eigenvalue weighted by molar-refractivity contribution is -0.265. The molecular weight excluding hydrogens is 1020 g/mol. The number of aliphatic hydroxyl groups is 2. The summed E-state index contributed by atoms with van der Waals surface area (Å²) in [4.78, 5) is 97.9. The molecule has 1 saturated carbocycles. The number of alkyl carbamates (subject to hydrolysis) is 1. The van der Waals surface area contributed by atoms with Crippen molar-refractivity contribution in [3.63, 3.8) is 0 Å². The minimum atomic E-state index is -2.47. The van der Waals surface area contributed by atoms with Crippen LogP contribution in [0, 0.1) is 35.5 Å². The van der Waals surface area contributed by atoms with Gasteiger partial charge in [-0.25, -0.2) is 14.4 Å². The SMILES string of the molecule is COC1CC2CC[C@@H](C)[C@@](O)(O2)C(=O)C(=O)N2CCCC[C@H]2C(=O)OC(C(C)CC2CC[C@@H](OC(=O)NCCOC(=O)c3ccccc3)C(OC)C2)CC(=O)C(C)/C=C(\C)[C@@H](O)C(OC)C(=O)[C@H](C)CC(C)\C=C/C=C/C=C/1C. The number of amides is 2. The number of aliphatic hydroxyl groups excluding tert-OH is 1. The molecule has 2 saturated heterocycles. The molecule has 1 aliphatic carbocycles. The lowest BCUT2D eigenvalue weighted by atomic mass is 9.78. The third kappa shape index (κ3) is 18.1. The predicted molar refractivity (Wildman–Crippen MR) is 294 cm³/mol. The number of esters is 2. The average molecular weight is 1110 g/mol. The zero-order valence-corrected chi connectivity index (χ0v) is 48.1.